The van der Waals surface area contributed by atoms with Crippen LogP contribution in [0.3, 0.4) is 0 Å². The first kappa shape index (κ1) is 17.7. The van der Waals surface area contributed by atoms with E-state index in [9.17, 15) is 9.59 Å². The number of fused-ring (bicyclic) bond motifs is 1. The molecule has 6 heteroatoms. The first-order valence-electron chi connectivity index (χ1n) is 8.12. The van der Waals surface area contributed by atoms with E-state index in [4.69, 9.17) is 18.9 Å². The van der Waals surface area contributed by atoms with Crippen LogP contribution >= 0.6 is 0 Å². The van der Waals surface area contributed by atoms with Gasteiger partial charge in [0.15, 0.2) is 5.76 Å². The second-order valence-electron chi connectivity index (χ2n) is 5.48. The molecule has 6 nitrogen and oxygen atoms in total. The van der Waals surface area contributed by atoms with Gasteiger partial charge in [-0.3, -0.25) is 4.79 Å². The Hall–Kier alpha value is -3.12. The van der Waals surface area contributed by atoms with E-state index in [0.29, 0.717) is 23.7 Å². The van der Waals surface area contributed by atoms with Crippen LogP contribution in [-0.4, -0.2) is 32.1 Å². The summed E-state index contributed by atoms with van der Waals surface area (Å²) >= 11 is 0. The molecule has 1 heterocycles. The Morgan fingerprint density at radius 2 is 2.00 bits per heavy atom. The van der Waals surface area contributed by atoms with Crippen molar-refractivity contribution in [2.75, 3.05) is 20.3 Å². The molecule has 26 heavy (non-hydrogen) atoms. The topological polar surface area (TPSA) is 71.1 Å². The molecule has 0 unspecified atom stereocenters. The third-order valence-electron chi connectivity index (χ3n) is 3.64. The number of methoxy groups -OCH3 is 1. The molecule has 0 spiro atoms. The predicted molar refractivity (Wildman–Crippen MR) is 94.5 cm³/mol. The molecule has 1 aliphatic heterocycles. The Labute approximate surface area is 150 Å². The SMILES string of the molecule is CCOc1ccccc1/C=C1\Oc2cc(OC(=O)COC)ccc2C1=O. The number of rotatable bonds is 6. The van der Waals surface area contributed by atoms with Crippen molar-refractivity contribution in [1.29, 1.82) is 0 Å². The molecule has 0 saturated carbocycles. The van der Waals surface area contributed by atoms with Gasteiger partial charge in [0, 0.05) is 18.7 Å². The van der Waals surface area contributed by atoms with E-state index >= 15 is 0 Å². The van der Waals surface area contributed by atoms with Crippen LogP contribution in [-0.2, 0) is 9.53 Å². The second-order valence-corrected chi connectivity index (χ2v) is 5.48. The third-order valence-corrected chi connectivity index (χ3v) is 3.64. The number of ketones is 1. The van der Waals surface area contributed by atoms with Gasteiger partial charge in [0.2, 0.25) is 5.78 Å². The number of hydrogen-bond donors (Lipinski definition) is 0. The lowest BCUT2D eigenvalue weighted by Gasteiger charge is -2.07. The van der Waals surface area contributed by atoms with E-state index in [0.717, 1.165) is 5.56 Å². The lowest BCUT2D eigenvalue weighted by molar-refractivity contribution is -0.138. The van der Waals surface area contributed by atoms with Gasteiger partial charge in [-0.2, -0.15) is 0 Å². The van der Waals surface area contributed by atoms with Crippen LogP contribution < -0.4 is 14.2 Å². The maximum absolute atomic E-state index is 12.5. The van der Waals surface area contributed by atoms with Crippen LogP contribution in [0.2, 0.25) is 0 Å². The highest BCUT2D eigenvalue weighted by atomic mass is 16.6. The normalized spacial score (nSPS) is 14.1. The first-order chi connectivity index (χ1) is 12.6. The van der Waals surface area contributed by atoms with Crippen LogP contribution in [0.4, 0.5) is 0 Å². The molecule has 0 radical (unpaired) electrons. The van der Waals surface area contributed by atoms with Crippen molar-refractivity contribution < 1.29 is 28.5 Å². The fourth-order valence-electron chi connectivity index (χ4n) is 2.54. The molecule has 0 N–H and O–H groups in total. The molecule has 0 atom stereocenters. The van der Waals surface area contributed by atoms with Crippen LogP contribution in [0.25, 0.3) is 6.08 Å². The first-order valence-corrected chi connectivity index (χ1v) is 8.12. The molecule has 2 aromatic rings. The van der Waals surface area contributed by atoms with Gasteiger partial charge in [0.1, 0.15) is 23.9 Å². The quantitative estimate of drug-likeness (QED) is 0.450. The van der Waals surface area contributed by atoms with Crippen LogP contribution in [0, 0.1) is 0 Å². The zero-order valence-electron chi connectivity index (χ0n) is 14.5. The molecular formula is C20H18O6. The Morgan fingerprint density at radius 3 is 2.77 bits per heavy atom. The summed E-state index contributed by atoms with van der Waals surface area (Å²) in [5.41, 5.74) is 1.16. The molecule has 134 valence electrons. The van der Waals surface area contributed by atoms with E-state index in [1.165, 1.54) is 13.2 Å². The smallest absolute Gasteiger partial charge is 0.337 e. The summed E-state index contributed by atoms with van der Waals surface area (Å²) in [6.45, 7) is 2.26. The highest BCUT2D eigenvalue weighted by Gasteiger charge is 2.28. The average molecular weight is 354 g/mol. The van der Waals surface area contributed by atoms with Crippen molar-refractivity contribution in [3.05, 3.63) is 59.4 Å². The molecule has 0 bridgehead atoms. The fraction of sp³-hybridized carbons (Fsp3) is 0.200. The summed E-state index contributed by atoms with van der Waals surface area (Å²) < 4.78 is 21.1. The van der Waals surface area contributed by atoms with Crippen LogP contribution in [0.15, 0.2) is 48.2 Å². The molecule has 0 aromatic heterocycles. The standard InChI is InChI=1S/C20H18O6/c1-3-24-16-7-5-4-6-13(16)10-18-20(22)15-9-8-14(11-17(15)26-18)25-19(21)12-23-2/h4-11H,3,12H2,1-2H3/b18-10-. The molecule has 0 saturated heterocycles. The summed E-state index contributed by atoms with van der Waals surface area (Å²) in [4.78, 5) is 24.0. The van der Waals surface area contributed by atoms with Crippen molar-refractivity contribution in [3.8, 4) is 17.2 Å². The zero-order chi connectivity index (χ0) is 18.5. The summed E-state index contributed by atoms with van der Waals surface area (Å²) in [5, 5.41) is 0. The third kappa shape index (κ3) is 3.75. The Balaban J connectivity index is 1.84. The van der Waals surface area contributed by atoms with Gasteiger partial charge in [-0.25, -0.2) is 4.79 Å². The lowest BCUT2D eigenvalue weighted by Crippen LogP contribution is -2.14. The van der Waals surface area contributed by atoms with Crippen LogP contribution in [0.5, 0.6) is 17.2 Å². The molecule has 0 fully saturated rings. The monoisotopic (exact) mass is 354 g/mol. The number of carbonyl (C=O) groups excluding carboxylic acids is 2. The molecular weight excluding hydrogens is 336 g/mol. The summed E-state index contributed by atoms with van der Waals surface area (Å²) in [6.07, 6.45) is 1.64. The van der Waals surface area contributed by atoms with Gasteiger partial charge in [0.25, 0.3) is 0 Å². The zero-order valence-corrected chi connectivity index (χ0v) is 14.5. The molecule has 2 aromatic carbocycles. The Morgan fingerprint density at radius 1 is 1.19 bits per heavy atom. The van der Waals surface area contributed by atoms with E-state index in [2.05, 4.69) is 0 Å². The second kappa shape index (κ2) is 7.84. The maximum Gasteiger partial charge on any atom is 0.337 e. The molecule has 3 rings (SSSR count). The number of hydrogen-bond acceptors (Lipinski definition) is 6. The van der Waals surface area contributed by atoms with Gasteiger partial charge < -0.3 is 18.9 Å². The number of Topliss-reactive ketones (excluding diaryl/α,β-unsaturated/α-hetero) is 1. The predicted octanol–water partition coefficient (Wildman–Crippen LogP) is 3.25. The lowest BCUT2D eigenvalue weighted by atomic mass is 10.1. The minimum atomic E-state index is -0.529. The number of para-hydroxylation sites is 1. The van der Waals surface area contributed by atoms with E-state index in [-0.39, 0.29) is 23.9 Å². The van der Waals surface area contributed by atoms with E-state index in [1.807, 2.05) is 31.2 Å². The van der Waals surface area contributed by atoms with Gasteiger partial charge in [-0.15, -0.1) is 0 Å². The van der Waals surface area contributed by atoms with E-state index in [1.54, 1.807) is 18.2 Å². The average Bonchev–Trinajstić information content (AvgIpc) is 2.92. The van der Waals surface area contributed by atoms with Crippen LogP contribution in [0.1, 0.15) is 22.8 Å². The van der Waals surface area contributed by atoms with E-state index < -0.39 is 5.97 Å². The Kier molecular flexibility index (Phi) is 5.34. The molecule has 1 aliphatic rings. The number of allylic oxidation sites excluding steroid dienone is 1. The van der Waals surface area contributed by atoms with Crippen molar-refractivity contribution in [2.24, 2.45) is 0 Å². The summed E-state index contributed by atoms with van der Waals surface area (Å²) in [5.74, 6) is 0.725. The largest absolute Gasteiger partial charge is 0.493 e. The number of carbonyl (C=O) groups is 2. The summed E-state index contributed by atoms with van der Waals surface area (Å²) in [7, 11) is 1.41. The number of benzene rings is 2. The summed E-state index contributed by atoms with van der Waals surface area (Å²) in [6, 6.07) is 12.0. The highest BCUT2D eigenvalue weighted by molar-refractivity contribution is 6.14. The van der Waals surface area contributed by atoms with Gasteiger partial charge in [-0.1, -0.05) is 18.2 Å². The minimum Gasteiger partial charge on any atom is -0.493 e. The fourth-order valence-corrected chi connectivity index (χ4v) is 2.54. The van der Waals surface area contributed by atoms with Crippen molar-refractivity contribution in [2.45, 2.75) is 6.92 Å². The minimum absolute atomic E-state index is 0.157. The Bertz CT molecular complexity index is 868. The highest BCUT2D eigenvalue weighted by Crippen LogP contribution is 2.35. The maximum atomic E-state index is 12.5. The van der Waals surface area contributed by atoms with Crippen molar-refractivity contribution >= 4 is 17.8 Å². The van der Waals surface area contributed by atoms with Gasteiger partial charge in [0.05, 0.1) is 12.2 Å². The molecule has 0 aliphatic carbocycles. The van der Waals surface area contributed by atoms with Crippen molar-refractivity contribution in [3.63, 3.8) is 0 Å². The molecule has 0 amide bonds. The van der Waals surface area contributed by atoms with Gasteiger partial charge >= 0.3 is 5.97 Å². The number of ether oxygens (including phenoxy) is 4. The van der Waals surface area contributed by atoms with Crippen molar-refractivity contribution in [1.82, 2.24) is 0 Å². The number of esters is 1. The van der Waals surface area contributed by atoms with Gasteiger partial charge in [-0.05, 0) is 31.2 Å².